The van der Waals surface area contributed by atoms with E-state index in [1.165, 1.54) is 0 Å². The number of aliphatic hydroxyl groups is 1. The van der Waals surface area contributed by atoms with Crippen molar-refractivity contribution < 1.29 is 15.0 Å². The topological polar surface area (TPSA) is 69.6 Å². The number of carbonyl (C=O) groups is 1. The molecule has 0 spiro atoms. The van der Waals surface area contributed by atoms with Gasteiger partial charge in [-0.2, -0.15) is 0 Å². The van der Waals surface area contributed by atoms with Crippen LogP contribution in [0.15, 0.2) is 0 Å². The summed E-state index contributed by atoms with van der Waals surface area (Å²) < 4.78 is 0. The van der Waals surface area contributed by atoms with Gasteiger partial charge in [-0.15, -0.1) is 0 Å². The van der Waals surface area contributed by atoms with E-state index in [1.54, 1.807) is 0 Å². The van der Waals surface area contributed by atoms with Crippen LogP contribution in [-0.2, 0) is 4.79 Å². The number of rotatable bonds is 1. The molecule has 1 aliphatic heterocycles. The van der Waals surface area contributed by atoms with E-state index in [2.05, 4.69) is 5.32 Å². The number of aliphatic hydroxyl groups excluding tert-OH is 1. The molecule has 1 saturated carbocycles. The van der Waals surface area contributed by atoms with E-state index in [0.29, 0.717) is 6.42 Å². The van der Waals surface area contributed by atoms with Gasteiger partial charge in [-0.05, 0) is 32.1 Å². The van der Waals surface area contributed by atoms with Gasteiger partial charge in [0.05, 0.1) is 6.10 Å². The molecule has 2 aliphatic rings. The number of carboxylic acids is 1. The average molecular weight is 199 g/mol. The Labute approximate surface area is 83.3 Å². The second-order valence-corrected chi connectivity index (χ2v) is 4.40. The third-order valence-corrected chi connectivity index (χ3v) is 3.53. The maximum Gasteiger partial charge on any atom is 0.320 e. The van der Waals surface area contributed by atoms with Crippen molar-refractivity contribution in [3.05, 3.63) is 0 Å². The molecule has 2 rings (SSSR count). The number of hydrogen-bond donors (Lipinski definition) is 3. The summed E-state index contributed by atoms with van der Waals surface area (Å²) >= 11 is 0. The molecule has 0 radical (unpaired) electrons. The van der Waals surface area contributed by atoms with Crippen molar-refractivity contribution in [3.63, 3.8) is 0 Å². The Morgan fingerprint density at radius 3 is 2.71 bits per heavy atom. The minimum absolute atomic E-state index is 0.216. The largest absolute Gasteiger partial charge is 0.480 e. The van der Waals surface area contributed by atoms with Crippen LogP contribution in [0.3, 0.4) is 0 Å². The number of piperidine rings is 1. The molecular weight excluding hydrogens is 182 g/mol. The van der Waals surface area contributed by atoms with Crippen molar-refractivity contribution in [3.8, 4) is 0 Å². The zero-order chi connectivity index (χ0) is 10.1. The highest BCUT2D eigenvalue weighted by Crippen LogP contribution is 2.32. The Balaban J connectivity index is 1.99. The van der Waals surface area contributed by atoms with Gasteiger partial charge in [0, 0.05) is 12.0 Å². The zero-order valence-corrected chi connectivity index (χ0v) is 8.15. The molecule has 4 heteroatoms. The van der Waals surface area contributed by atoms with Crippen LogP contribution in [0.25, 0.3) is 0 Å². The SMILES string of the molecule is O=C(O)C1CCC2C(O)CCCC2N1. The molecule has 1 heterocycles. The van der Waals surface area contributed by atoms with Gasteiger partial charge in [0.1, 0.15) is 6.04 Å². The third kappa shape index (κ3) is 1.77. The molecule has 3 N–H and O–H groups in total. The molecular formula is C10H17NO3. The van der Waals surface area contributed by atoms with Crippen molar-refractivity contribution in [2.45, 2.75) is 50.3 Å². The van der Waals surface area contributed by atoms with Crippen LogP contribution < -0.4 is 5.32 Å². The van der Waals surface area contributed by atoms with E-state index >= 15 is 0 Å². The van der Waals surface area contributed by atoms with Crippen LogP contribution in [0.5, 0.6) is 0 Å². The van der Waals surface area contributed by atoms with Gasteiger partial charge in [-0.25, -0.2) is 0 Å². The minimum Gasteiger partial charge on any atom is -0.480 e. The second-order valence-electron chi connectivity index (χ2n) is 4.40. The molecule has 0 bridgehead atoms. The lowest BCUT2D eigenvalue weighted by atomic mass is 9.76. The Morgan fingerprint density at radius 2 is 2.00 bits per heavy atom. The smallest absolute Gasteiger partial charge is 0.320 e. The van der Waals surface area contributed by atoms with Gasteiger partial charge in [0.15, 0.2) is 0 Å². The predicted molar refractivity (Wildman–Crippen MR) is 50.9 cm³/mol. The fraction of sp³-hybridized carbons (Fsp3) is 0.900. The lowest BCUT2D eigenvalue weighted by Gasteiger charge is -2.41. The van der Waals surface area contributed by atoms with Crippen LogP contribution in [-0.4, -0.2) is 34.4 Å². The molecule has 4 atom stereocenters. The Morgan fingerprint density at radius 1 is 1.21 bits per heavy atom. The van der Waals surface area contributed by atoms with E-state index in [9.17, 15) is 9.90 Å². The number of fused-ring (bicyclic) bond motifs is 1. The molecule has 1 aliphatic carbocycles. The first-order valence-corrected chi connectivity index (χ1v) is 5.35. The van der Waals surface area contributed by atoms with Crippen LogP contribution in [0.1, 0.15) is 32.1 Å². The summed E-state index contributed by atoms with van der Waals surface area (Å²) in [7, 11) is 0. The maximum atomic E-state index is 10.8. The number of hydrogen-bond acceptors (Lipinski definition) is 3. The monoisotopic (exact) mass is 199 g/mol. The molecule has 0 aromatic carbocycles. The molecule has 2 fully saturated rings. The quantitative estimate of drug-likeness (QED) is 0.570. The summed E-state index contributed by atoms with van der Waals surface area (Å²) in [6.45, 7) is 0. The molecule has 4 nitrogen and oxygen atoms in total. The Hall–Kier alpha value is -0.610. The lowest BCUT2D eigenvalue weighted by Crippen LogP contribution is -2.55. The minimum atomic E-state index is -0.761. The third-order valence-electron chi connectivity index (χ3n) is 3.53. The van der Waals surface area contributed by atoms with Crippen LogP contribution >= 0.6 is 0 Å². The molecule has 0 aromatic heterocycles. The molecule has 4 unspecified atom stereocenters. The normalized spacial score (nSPS) is 42.9. The van der Waals surface area contributed by atoms with Crippen molar-refractivity contribution >= 4 is 5.97 Å². The van der Waals surface area contributed by atoms with Gasteiger partial charge in [-0.1, -0.05) is 0 Å². The van der Waals surface area contributed by atoms with E-state index in [1.807, 2.05) is 0 Å². The van der Waals surface area contributed by atoms with Crippen LogP contribution in [0.2, 0.25) is 0 Å². The summed E-state index contributed by atoms with van der Waals surface area (Å²) in [5.41, 5.74) is 0. The molecule has 1 saturated heterocycles. The standard InChI is InChI=1S/C10H17NO3/c12-9-3-1-2-7-6(9)4-5-8(11-7)10(13)14/h6-9,11-12H,1-5H2,(H,13,14). The Bertz CT molecular complexity index is 231. The Kier molecular flexibility index (Phi) is 2.74. The summed E-state index contributed by atoms with van der Waals surface area (Å²) in [4.78, 5) is 10.8. The van der Waals surface area contributed by atoms with Crippen molar-refractivity contribution in [2.75, 3.05) is 0 Å². The first kappa shape index (κ1) is 9.93. The fourth-order valence-corrected chi connectivity index (χ4v) is 2.74. The van der Waals surface area contributed by atoms with Crippen molar-refractivity contribution in [1.82, 2.24) is 5.32 Å². The van der Waals surface area contributed by atoms with Crippen molar-refractivity contribution in [2.24, 2.45) is 5.92 Å². The van der Waals surface area contributed by atoms with Gasteiger partial charge in [-0.3, -0.25) is 4.79 Å². The van der Waals surface area contributed by atoms with Crippen LogP contribution in [0, 0.1) is 5.92 Å². The van der Waals surface area contributed by atoms with Gasteiger partial charge >= 0.3 is 5.97 Å². The van der Waals surface area contributed by atoms with Gasteiger partial charge in [0.25, 0.3) is 0 Å². The molecule has 14 heavy (non-hydrogen) atoms. The first-order valence-electron chi connectivity index (χ1n) is 5.35. The van der Waals surface area contributed by atoms with Crippen molar-refractivity contribution in [1.29, 1.82) is 0 Å². The highest BCUT2D eigenvalue weighted by molar-refractivity contribution is 5.73. The number of nitrogens with one attached hydrogen (secondary N) is 1. The lowest BCUT2D eigenvalue weighted by molar-refractivity contribution is -0.141. The van der Waals surface area contributed by atoms with Crippen LogP contribution in [0.4, 0.5) is 0 Å². The zero-order valence-electron chi connectivity index (χ0n) is 8.15. The number of carboxylic acid groups (broad SMARTS) is 1. The summed E-state index contributed by atoms with van der Waals surface area (Å²) in [5.74, 6) is -0.483. The number of aliphatic carboxylic acids is 1. The van der Waals surface area contributed by atoms with E-state index in [4.69, 9.17) is 5.11 Å². The van der Waals surface area contributed by atoms with Gasteiger partial charge in [0.2, 0.25) is 0 Å². The highest BCUT2D eigenvalue weighted by atomic mass is 16.4. The first-order chi connectivity index (χ1) is 6.68. The average Bonchev–Trinajstić information content (AvgIpc) is 2.17. The van der Waals surface area contributed by atoms with E-state index in [0.717, 1.165) is 25.7 Å². The molecule has 0 aromatic rings. The molecule has 80 valence electrons. The molecule has 0 amide bonds. The van der Waals surface area contributed by atoms with E-state index in [-0.39, 0.29) is 18.1 Å². The summed E-state index contributed by atoms with van der Waals surface area (Å²) in [5, 5.41) is 21.7. The van der Waals surface area contributed by atoms with Gasteiger partial charge < -0.3 is 15.5 Å². The summed E-state index contributed by atoms with van der Waals surface area (Å²) in [6.07, 6.45) is 4.15. The highest BCUT2D eigenvalue weighted by Gasteiger charge is 2.38. The maximum absolute atomic E-state index is 10.8. The fourth-order valence-electron chi connectivity index (χ4n) is 2.74. The summed E-state index contributed by atoms with van der Waals surface area (Å²) in [6, 6.07) is -0.185. The predicted octanol–water partition coefficient (Wildman–Crippen LogP) is 0.353. The van der Waals surface area contributed by atoms with E-state index < -0.39 is 12.0 Å². The second kappa shape index (κ2) is 3.87.